The Morgan fingerprint density at radius 2 is 1.03 bits per heavy atom. The quantitative estimate of drug-likeness (QED) is 0.0199. The molecule has 13 heteroatoms. The van der Waals surface area contributed by atoms with Crippen LogP contribution in [0.4, 0.5) is 0 Å². The number of aliphatic hydroxyl groups is 3. The minimum atomic E-state index is -5.08. The van der Waals surface area contributed by atoms with Crippen molar-refractivity contribution in [1.82, 2.24) is 0 Å². The summed E-state index contributed by atoms with van der Waals surface area (Å²) in [7, 11) is -5.08. The summed E-state index contributed by atoms with van der Waals surface area (Å²) in [5.74, 6) is -0.451. The molecule has 1 saturated heterocycles. The van der Waals surface area contributed by atoms with Crippen molar-refractivity contribution in [2.45, 2.75) is 179 Å². The number of ether oxygens (including phenoxy) is 4. The Balaban J connectivity index is 2.47. The minimum Gasteiger partial charge on any atom is -0.457 e. The van der Waals surface area contributed by atoms with Gasteiger partial charge in [-0.3, -0.25) is 9.35 Å². The molecule has 64 heavy (non-hydrogen) atoms. The smallest absolute Gasteiger partial charge is 0.397 e. The van der Waals surface area contributed by atoms with Crippen LogP contribution in [0.25, 0.3) is 0 Å². The second-order valence-corrected chi connectivity index (χ2v) is 16.6. The molecule has 0 bridgehead atoms. The number of rotatable bonds is 39. The van der Waals surface area contributed by atoms with Gasteiger partial charge in [0.2, 0.25) is 0 Å². The predicted molar refractivity (Wildman–Crippen MR) is 257 cm³/mol. The van der Waals surface area contributed by atoms with Crippen molar-refractivity contribution < 1.29 is 56.2 Å². The van der Waals surface area contributed by atoms with Gasteiger partial charge < -0.3 is 34.3 Å². The standard InChI is InChI=1S/C51H82O12S/c1-3-5-7-9-11-13-15-17-19-21-22-23-24-25-26-28-30-32-34-36-38-40-47(53)61-45(44-60-51-49(55)50(63-64(56,57)58)48(54)46(42-52)62-51)43-59-41-39-37-35-33-31-29-27-20-18-16-14-12-10-8-6-4-2/h5-8,11-14,17-20,22-23,25-26,30,32,45-46,48-52,54-55H,3-4,9-10,15-16,21,24,27-29,31,33-44H2,1-2H3,(H,56,57,58)/b7-5-,8-6-,13-11-,14-12-,19-17-,20-18-,23-22-,26-25-,32-30-. The second-order valence-electron chi connectivity index (χ2n) is 15.6. The van der Waals surface area contributed by atoms with Crippen molar-refractivity contribution in [3.05, 3.63) is 109 Å². The number of carbonyl (C=O) groups is 1. The maximum Gasteiger partial charge on any atom is 0.397 e. The SMILES string of the molecule is CC/C=C\C/C=C\C/C=C\C/C=C\C/C=C\C/C=C\CCCCC(=O)OC(COCCCCCCCC/C=C\C/C=C\C/C=C\CC)COC1OC(CO)C(O)C(OS(=O)(=O)O)C1O. The van der Waals surface area contributed by atoms with Gasteiger partial charge >= 0.3 is 16.4 Å². The minimum absolute atomic E-state index is 0.00105. The van der Waals surface area contributed by atoms with E-state index in [1.54, 1.807) is 0 Å². The van der Waals surface area contributed by atoms with Gasteiger partial charge in [0.15, 0.2) is 6.29 Å². The normalized spacial score (nSPS) is 20.8. The lowest BCUT2D eigenvalue weighted by Gasteiger charge is -2.41. The van der Waals surface area contributed by atoms with Crippen molar-refractivity contribution in [2.75, 3.05) is 26.4 Å². The van der Waals surface area contributed by atoms with E-state index in [0.717, 1.165) is 109 Å². The van der Waals surface area contributed by atoms with Gasteiger partial charge in [-0.1, -0.05) is 149 Å². The summed E-state index contributed by atoms with van der Waals surface area (Å²) < 4.78 is 59.1. The van der Waals surface area contributed by atoms with Crippen molar-refractivity contribution in [3.8, 4) is 0 Å². The fourth-order valence-electron chi connectivity index (χ4n) is 6.39. The van der Waals surface area contributed by atoms with Crippen LogP contribution < -0.4 is 0 Å². The molecule has 0 aromatic rings. The van der Waals surface area contributed by atoms with E-state index in [4.69, 9.17) is 18.9 Å². The molecular weight excluding hydrogens is 837 g/mol. The van der Waals surface area contributed by atoms with E-state index < -0.39 is 59.8 Å². The summed E-state index contributed by atoms with van der Waals surface area (Å²) in [6, 6.07) is 0. The number of unbranched alkanes of at least 4 members (excludes halogenated alkanes) is 8. The van der Waals surface area contributed by atoms with Gasteiger partial charge in [-0.2, -0.15) is 8.42 Å². The first-order valence-corrected chi connectivity index (χ1v) is 25.0. The van der Waals surface area contributed by atoms with E-state index in [0.29, 0.717) is 13.0 Å². The predicted octanol–water partition coefficient (Wildman–Crippen LogP) is 10.4. The Kier molecular flexibility index (Phi) is 37.8. The summed E-state index contributed by atoms with van der Waals surface area (Å²) in [6.45, 7) is 3.65. The fraction of sp³-hybridized carbons (Fsp3) is 0.627. The number of hydrogen-bond acceptors (Lipinski definition) is 11. The summed E-state index contributed by atoms with van der Waals surface area (Å²) in [6.07, 6.45) is 48.3. The van der Waals surface area contributed by atoms with Gasteiger partial charge in [-0.05, 0) is 96.3 Å². The van der Waals surface area contributed by atoms with Crippen LogP contribution in [0.15, 0.2) is 109 Å². The molecule has 12 nitrogen and oxygen atoms in total. The Morgan fingerprint density at radius 1 is 0.594 bits per heavy atom. The molecule has 1 heterocycles. The number of aliphatic hydroxyl groups excluding tert-OH is 3. The molecule has 4 N–H and O–H groups in total. The Morgan fingerprint density at radius 3 is 1.50 bits per heavy atom. The van der Waals surface area contributed by atoms with Crippen LogP contribution in [0.3, 0.4) is 0 Å². The van der Waals surface area contributed by atoms with E-state index in [-0.39, 0.29) is 19.6 Å². The molecule has 0 aliphatic carbocycles. The molecule has 0 amide bonds. The van der Waals surface area contributed by atoms with Crippen LogP contribution in [-0.4, -0.2) is 97.5 Å². The molecule has 1 aliphatic heterocycles. The van der Waals surface area contributed by atoms with Gasteiger partial charge in [0.05, 0.1) is 19.8 Å². The van der Waals surface area contributed by atoms with Crippen LogP contribution >= 0.6 is 0 Å². The zero-order valence-corrected chi connectivity index (χ0v) is 39.6. The van der Waals surface area contributed by atoms with Crippen LogP contribution in [-0.2, 0) is 38.3 Å². The van der Waals surface area contributed by atoms with Gasteiger partial charge in [0.25, 0.3) is 0 Å². The third kappa shape index (κ3) is 34.2. The van der Waals surface area contributed by atoms with Crippen LogP contribution in [0.5, 0.6) is 0 Å². The number of esters is 1. The molecule has 364 valence electrons. The van der Waals surface area contributed by atoms with Gasteiger partial charge in [0.1, 0.15) is 30.5 Å². The van der Waals surface area contributed by atoms with E-state index in [1.807, 2.05) is 0 Å². The van der Waals surface area contributed by atoms with Gasteiger partial charge in [-0.25, -0.2) is 4.18 Å². The highest BCUT2D eigenvalue weighted by atomic mass is 32.3. The largest absolute Gasteiger partial charge is 0.457 e. The van der Waals surface area contributed by atoms with Crippen molar-refractivity contribution in [3.63, 3.8) is 0 Å². The van der Waals surface area contributed by atoms with Gasteiger partial charge in [0, 0.05) is 13.0 Å². The molecule has 6 atom stereocenters. The number of hydrogen-bond donors (Lipinski definition) is 4. The first-order valence-electron chi connectivity index (χ1n) is 23.6. The fourth-order valence-corrected chi connectivity index (χ4v) is 6.90. The third-order valence-corrected chi connectivity index (χ3v) is 10.4. The molecule has 0 aromatic carbocycles. The van der Waals surface area contributed by atoms with Gasteiger partial charge in [-0.15, -0.1) is 0 Å². The average Bonchev–Trinajstić information content (AvgIpc) is 3.27. The van der Waals surface area contributed by atoms with E-state index in [1.165, 1.54) is 6.42 Å². The molecule has 0 spiro atoms. The zero-order chi connectivity index (χ0) is 46.8. The maximum atomic E-state index is 12.9. The van der Waals surface area contributed by atoms with Crippen LogP contribution in [0.2, 0.25) is 0 Å². The second kappa shape index (κ2) is 41.2. The molecule has 0 radical (unpaired) electrons. The highest BCUT2D eigenvalue weighted by Crippen LogP contribution is 2.26. The molecule has 0 saturated carbocycles. The van der Waals surface area contributed by atoms with Crippen LogP contribution in [0.1, 0.15) is 142 Å². The third-order valence-electron chi connectivity index (χ3n) is 9.89. The highest BCUT2D eigenvalue weighted by Gasteiger charge is 2.48. The van der Waals surface area contributed by atoms with Crippen molar-refractivity contribution >= 4 is 16.4 Å². The Bertz CT molecular complexity index is 1530. The van der Waals surface area contributed by atoms with E-state index in [9.17, 15) is 33.1 Å². The topological polar surface area (TPSA) is 178 Å². The summed E-state index contributed by atoms with van der Waals surface area (Å²) >= 11 is 0. The lowest BCUT2D eigenvalue weighted by Crippen LogP contribution is -2.60. The number of carbonyl (C=O) groups excluding carboxylic acids is 1. The van der Waals surface area contributed by atoms with Crippen molar-refractivity contribution in [2.24, 2.45) is 0 Å². The van der Waals surface area contributed by atoms with E-state index >= 15 is 0 Å². The highest BCUT2D eigenvalue weighted by molar-refractivity contribution is 7.80. The summed E-state index contributed by atoms with van der Waals surface area (Å²) in [5, 5.41) is 30.7. The lowest BCUT2D eigenvalue weighted by atomic mass is 9.99. The molecule has 1 aliphatic rings. The first-order chi connectivity index (χ1) is 31.1. The van der Waals surface area contributed by atoms with Crippen LogP contribution in [0, 0.1) is 0 Å². The molecule has 1 rings (SSSR count). The van der Waals surface area contributed by atoms with Crippen molar-refractivity contribution in [1.29, 1.82) is 0 Å². The Hall–Kier alpha value is -3.24. The van der Waals surface area contributed by atoms with E-state index in [2.05, 4.69) is 127 Å². The molecule has 0 aromatic heterocycles. The molecule has 1 fully saturated rings. The summed E-state index contributed by atoms with van der Waals surface area (Å²) in [4.78, 5) is 12.9. The first kappa shape index (κ1) is 58.8. The molecular formula is C51H82O12S. The average molecular weight is 919 g/mol. The monoisotopic (exact) mass is 919 g/mol. The Labute approximate surface area is 386 Å². The lowest BCUT2D eigenvalue weighted by molar-refractivity contribution is -0.301. The molecule has 6 unspecified atom stereocenters. The zero-order valence-electron chi connectivity index (χ0n) is 38.8. The number of allylic oxidation sites excluding steroid dienone is 18. The maximum absolute atomic E-state index is 12.9. The summed E-state index contributed by atoms with van der Waals surface area (Å²) in [5.41, 5.74) is 0.